The van der Waals surface area contributed by atoms with E-state index in [0.29, 0.717) is 12.0 Å². The van der Waals surface area contributed by atoms with Gasteiger partial charge in [-0.15, -0.1) is 0 Å². The van der Waals surface area contributed by atoms with E-state index in [0.717, 1.165) is 0 Å². The minimum Gasteiger partial charge on any atom is -0.508 e. The molecular weight excluding hydrogens is 256 g/mol. The molecule has 0 aliphatic heterocycles. The van der Waals surface area contributed by atoms with Gasteiger partial charge < -0.3 is 10.2 Å². The van der Waals surface area contributed by atoms with Crippen LogP contribution in [0.4, 0.5) is 0 Å². The Hall–Kier alpha value is -1.42. The highest BCUT2D eigenvalue weighted by Crippen LogP contribution is 2.32. The largest absolute Gasteiger partial charge is 0.508 e. The van der Waals surface area contributed by atoms with Gasteiger partial charge in [-0.25, -0.2) is 0 Å². The van der Waals surface area contributed by atoms with Crippen molar-refractivity contribution in [1.29, 1.82) is 0 Å². The normalized spacial score (nSPS) is 20.9. The Morgan fingerprint density at radius 1 is 1.40 bits per heavy atom. The van der Waals surface area contributed by atoms with Gasteiger partial charge >= 0.3 is 0 Å². The maximum Gasteiger partial charge on any atom is 0.140 e. The van der Waals surface area contributed by atoms with E-state index in [4.69, 9.17) is 5.11 Å². The van der Waals surface area contributed by atoms with Crippen molar-refractivity contribution in [2.24, 2.45) is 17.3 Å². The van der Waals surface area contributed by atoms with Crippen LogP contribution in [0.1, 0.15) is 40.5 Å². The zero-order valence-corrected chi connectivity index (χ0v) is 12.6. The number of Topliss-reactive ketones (excluding diaryl/α,β-unsaturated/α-hetero) is 2. The minimum absolute atomic E-state index is 0.0187. The third-order valence-corrected chi connectivity index (χ3v) is 3.86. The first-order valence-corrected chi connectivity index (χ1v) is 6.90. The first-order valence-electron chi connectivity index (χ1n) is 6.90. The summed E-state index contributed by atoms with van der Waals surface area (Å²) in [7, 11) is 0. The monoisotopic (exact) mass is 280 g/mol. The van der Waals surface area contributed by atoms with Crippen molar-refractivity contribution in [1.82, 2.24) is 0 Å². The third kappa shape index (κ3) is 4.04. The van der Waals surface area contributed by atoms with E-state index in [1.165, 1.54) is 13.0 Å². The van der Waals surface area contributed by atoms with E-state index >= 15 is 0 Å². The van der Waals surface area contributed by atoms with E-state index < -0.39 is 0 Å². The number of hydrogen-bond donors (Lipinski definition) is 2. The lowest BCUT2D eigenvalue weighted by molar-refractivity contribution is -0.131. The van der Waals surface area contributed by atoms with Crippen LogP contribution in [0.3, 0.4) is 0 Å². The van der Waals surface area contributed by atoms with Gasteiger partial charge in [0.2, 0.25) is 0 Å². The zero-order chi connectivity index (χ0) is 15.5. The molecule has 0 saturated carbocycles. The van der Waals surface area contributed by atoms with Crippen LogP contribution in [0, 0.1) is 17.3 Å². The van der Waals surface area contributed by atoms with Crippen molar-refractivity contribution >= 4 is 11.6 Å². The lowest BCUT2D eigenvalue weighted by atomic mass is 9.74. The molecule has 0 spiro atoms. The molecule has 1 aliphatic rings. The maximum atomic E-state index is 12.3. The highest BCUT2D eigenvalue weighted by Gasteiger charge is 2.33. The molecule has 20 heavy (non-hydrogen) atoms. The predicted octanol–water partition coefficient (Wildman–Crippen LogP) is 2.58. The molecule has 112 valence electrons. The van der Waals surface area contributed by atoms with Gasteiger partial charge in [0.15, 0.2) is 0 Å². The van der Waals surface area contributed by atoms with Gasteiger partial charge in [0.05, 0.1) is 6.61 Å². The summed E-state index contributed by atoms with van der Waals surface area (Å²) >= 11 is 0. The van der Waals surface area contributed by atoms with E-state index in [-0.39, 0.29) is 47.6 Å². The summed E-state index contributed by atoms with van der Waals surface area (Å²) in [6.07, 6.45) is 3.63. The number of carbonyl (C=O) groups is 2. The molecule has 0 aromatic heterocycles. The van der Waals surface area contributed by atoms with Crippen molar-refractivity contribution in [2.75, 3.05) is 6.61 Å². The highest BCUT2D eigenvalue weighted by atomic mass is 16.3. The van der Waals surface area contributed by atoms with E-state index in [1.54, 1.807) is 6.08 Å². The lowest BCUT2D eigenvalue weighted by Gasteiger charge is -2.29. The van der Waals surface area contributed by atoms with Crippen molar-refractivity contribution < 1.29 is 19.8 Å². The van der Waals surface area contributed by atoms with Gasteiger partial charge in [0.1, 0.15) is 17.3 Å². The summed E-state index contributed by atoms with van der Waals surface area (Å²) in [6, 6.07) is 0. The maximum absolute atomic E-state index is 12.3. The van der Waals surface area contributed by atoms with Crippen LogP contribution in [0.5, 0.6) is 0 Å². The van der Waals surface area contributed by atoms with E-state index in [1.807, 2.05) is 20.8 Å². The fourth-order valence-corrected chi connectivity index (χ4v) is 2.54. The number of carbonyl (C=O) groups excluding carboxylic acids is 2. The van der Waals surface area contributed by atoms with Crippen LogP contribution in [0.2, 0.25) is 0 Å². The van der Waals surface area contributed by atoms with Crippen LogP contribution in [-0.4, -0.2) is 28.4 Å². The summed E-state index contributed by atoms with van der Waals surface area (Å²) in [4.78, 5) is 24.1. The van der Waals surface area contributed by atoms with E-state index in [9.17, 15) is 14.7 Å². The lowest BCUT2D eigenvalue weighted by Crippen LogP contribution is -2.31. The average Bonchev–Trinajstić information content (AvgIpc) is 2.34. The fraction of sp³-hybridized carbons (Fsp3) is 0.625. The topological polar surface area (TPSA) is 74.6 Å². The molecule has 0 amide bonds. The number of allylic oxidation sites excluding steroid dienone is 2. The standard InChI is InChI=1S/C16H24O4/c1-10(18)13(16(2,3)4)8-15(20)11-5-6-14(19)12(7-11)9-17/h5-6,11,13,17,19H,7-9H2,1-4H3. The Bertz CT molecular complexity index is 452. The molecule has 0 aromatic carbocycles. The van der Waals surface area contributed by atoms with Gasteiger partial charge in [-0.3, -0.25) is 9.59 Å². The molecule has 0 aromatic rings. The van der Waals surface area contributed by atoms with Gasteiger partial charge in [-0.05, 0) is 30.4 Å². The summed E-state index contributed by atoms with van der Waals surface area (Å²) in [6.45, 7) is 7.12. The molecular formula is C16H24O4. The molecule has 2 N–H and O–H groups in total. The quantitative estimate of drug-likeness (QED) is 0.811. The molecule has 0 radical (unpaired) electrons. The number of aliphatic hydroxyl groups is 2. The predicted molar refractivity (Wildman–Crippen MR) is 77.2 cm³/mol. The van der Waals surface area contributed by atoms with Gasteiger partial charge in [-0.1, -0.05) is 26.8 Å². The second kappa shape index (κ2) is 6.35. The molecule has 4 heteroatoms. The zero-order valence-electron chi connectivity index (χ0n) is 12.6. The first-order chi connectivity index (χ1) is 9.16. The number of aliphatic hydroxyl groups excluding tert-OH is 2. The Balaban J connectivity index is 2.78. The smallest absolute Gasteiger partial charge is 0.140 e. The van der Waals surface area contributed by atoms with Crippen LogP contribution in [-0.2, 0) is 9.59 Å². The van der Waals surface area contributed by atoms with Crippen molar-refractivity contribution in [3.8, 4) is 0 Å². The number of ketones is 2. The number of hydrogen-bond acceptors (Lipinski definition) is 4. The van der Waals surface area contributed by atoms with Crippen LogP contribution >= 0.6 is 0 Å². The second-order valence-electron chi connectivity index (χ2n) is 6.52. The molecule has 1 aliphatic carbocycles. The van der Waals surface area contributed by atoms with Crippen LogP contribution in [0.15, 0.2) is 23.5 Å². The van der Waals surface area contributed by atoms with Crippen molar-refractivity contribution in [3.05, 3.63) is 23.5 Å². The Morgan fingerprint density at radius 3 is 2.45 bits per heavy atom. The summed E-state index contributed by atoms with van der Waals surface area (Å²) in [5, 5.41) is 18.7. The van der Waals surface area contributed by atoms with Crippen molar-refractivity contribution in [2.45, 2.75) is 40.5 Å². The van der Waals surface area contributed by atoms with Crippen molar-refractivity contribution in [3.63, 3.8) is 0 Å². The molecule has 0 fully saturated rings. The van der Waals surface area contributed by atoms with Gasteiger partial charge in [0.25, 0.3) is 0 Å². The Morgan fingerprint density at radius 2 is 2.00 bits per heavy atom. The highest BCUT2D eigenvalue weighted by molar-refractivity contribution is 5.89. The van der Waals surface area contributed by atoms with Gasteiger partial charge in [-0.2, -0.15) is 0 Å². The molecule has 0 bridgehead atoms. The van der Waals surface area contributed by atoms with Crippen LogP contribution in [0.25, 0.3) is 0 Å². The van der Waals surface area contributed by atoms with E-state index in [2.05, 4.69) is 0 Å². The van der Waals surface area contributed by atoms with Gasteiger partial charge in [0, 0.05) is 18.3 Å². The molecule has 1 rings (SSSR count). The molecule has 2 unspecified atom stereocenters. The molecule has 0 saturated heterocycles. The Labute approximate surface area is 120 Å². The molecule has 4 nitrogen and oxygen atoms in total. The minimum atomic E-state index is -0.364. The summed E-state index contributed by atoms with van der Waals surface area (Å²) in [5.74, 6) is -0.630. The molecule has 2 atom stereocenters. The first kappa shape index (κ1) is 16.6. The number of rotatable bonds is 5. The van der Waals surface area contributed by atoms with Crippen LogP contribution < -0.4 is 0 Å². The Kier molecular flexibility index (Phi) is 5.28. The SMILES string of the molecule is CC(=O)C(CC(=O)C1C=CC(O)=C(CO)C1)C(C)(C)C. The third-order valence-electron chi connectivity index (χ3n) is 3.86. The average molecular weight is 280 g/mol. The summed E-state index contributed by atoms with van der Waals surface area (Å²) in [5.41, 5.74) is 0.221. The molecule has 0 heterocycles. The fourth-order valence-electron chi connectivity index (χ4n) is 2.54. The summed E-state index contributed by atoms with van der Waals surface area (Å²) < 4.78 is 0. The second-order valence-corrected chi connectivity index (χ2v) is 6.52.